The summed E-state index contributed by atoms with van der Waals surface area (Å²) in [4.78, 5) is 3.98. The number of pyridine rings is 1. The molecular formula is C8H12N2O. The predicted octanol–water partition coefficient (Wildman–Crippen LogP) is 0.687. The first kappa shape index (κ1) is 8.17. The molecule has 2 N–H and O–H groups in total. The molecule has 3 heteroatoms. The summed E-state index contributed by atoms with van der Waals surface area (Å²) in [5.74, 6) is 0. The van der Waals surface area contributed by atoms with Crippen molar-refractivity contribution in [3.05, 3.63) is 29.6 Å². The second-order valence-corrected chi connectivity index (χ2v) is 2.28. The number of ether oxygens (including phenoxy) is 1. The van der Waals surface area contributed by atoms with Crippen molar-refractivity contribution in [2.45, 2.75) is 13.2 Å². The summed E-state index contributed by atoms with van der Waals surface area (Å²) < 4.78 is 4.97. The molecule has 0 saturated heterocycles. The Morgan fingerprint density at radius 2 is 2.36 bits per heavy atom. The molecule has 3 nitrogen and oxygen atoms in total. The quantitative estimate of drug-likeness (QED) is 0.693. The lowest BCUT2D eigenvalue weighted by Crippen LogP contribution is -2.02. The zero-order valence-electron chi connectivity index (χ0n) is 6.58. The SMILES string of the molecule is COCc1cnccc1CN. The molecule has 11 heavy (non-hydrogen) atoms. The number of methoxy groups -OCH3 is 1. The number of rotatable bonds is 3. The van der Waals surface area contributed by atoms with Gasteiger partial charge in [-0.25, -0.2) is 0 Å². The second kappa shape index (κ2) is 4.05. The van der Waals surface area contributed by atoms with Crippen LogP contribution in [0.1, 0.15) is 11.1 Å². The summed E-state index contributed by atoms with van der Waals surface area (Å²) in [7, 11) is 1.66. The van der Waals surface area contributed by atoms with E-state index in [0.717, 1.165) is 11.1 Å². The van der Waals surface area contributed by atoms with Crippen LogP contribution < -0.4 is 5.73 Å². The molecule has 0 aliphatic carbocycles. The predicted molar refractivity (Wildman–Crippen MR) is 42.8 cm³/mol. The zero-order valence-corrected chi connectivity index (χ0v) is 6.58. The molecule has 1 aromatic rings. The van der Waals surface area contributed by atoms with E-state index in [-0.39, 0.29) is 0 Å². The van der Waals surface area contributed by atoms with Crippen LogP contribution in [-0.4, -0.2) is 12.1 Å². The highest BCUT2D eigenvalue weighted by molar-refractivity contribution is 5.21. The van der Waals surface area contributed by atoms with Crippen LogP contribution in [0.25, 0.3) is 0 Å². The van der Waals surface area contributed by atoms with Gasteiger partial charge in [-0.2, -0.15) is 0 Å². The molecule has 0 saturated carbocycles. The van der Waals surface area contributed by atoms with E-state index in [1.807, 2.05) is 6.07 Å². The maximum atomic E-state index is 5.50. The van der Waals surface area contributed by atoms with Gasteiger partial charge >= 0.3 is 0 Å². The topological polar surface area (TPSA) is 48.1 Å². The first-order chi connectivity index (χ1) is 5.38. The molecule has 0 unspecified atom stereocenters. The van der Waals surface area contributed by atoms with Crippen LogP contribution in [-0.2, 0) is 17.9 Å². The molecule has 0 spiro atoms. The Hall–Kier alpha value is -0.930. The Balaban J connectivity index is 2.83. The third-order valence-electron chi connectivity index (χ3n) is 1.52. The van der Waals surface area contributed by atoms with E-state index >= 15 is 0 Å². The van der Waals surface area contributed by atoms with Gasteiger partial charge in [0, 0.05) is 31.6 Å². The smallest absolute Gasteiger partial charge is 0.0731 e. The lowest BCUT2D eigenvalue weighted by atomic mass is 10.1. The number of hydrogen-bond donors (Lipinski definition) is 1. The van der Waals surface area contributed by atoms with Gasteiger partial charge in [-0.15, -0.1) is 0 Å². The summed E-state index contributed by atoms with van der Waals surface area (Å²) >= 11 is 0. The highest BCUT2D eigenvalue weighted by Gasteiger charge is 1.97. The molecule has 0 radical (unpaired) electrons. The number of aromatic nitrogens is 1. The van der Waals surface area contributed by atoms with Crippen molar-refractivity contribution in [3.63, 3.8) is 0 Å². The Labute approximate surface area is 66.2 Å². The van der Waals surface area contributed by atoms with Gasteiger partial charge in [0.1, 0.15) is 0 Å². The maximum Gasteiger partial charge on any atom is 0.0731 e. The van der Waals surface area contributed by atoms with Gasteiger partial charge in [0.05, 0.1) is 6.61 Å². The third kappa shape index (κ3) is 2.00. The van der Waals surface area contributed by atoms with Crippen molar-refractivity contribution in [3.8, 4) is 0 Å². The normalized spacial score (nSPS) is 10.0. The molecule has 0 fully saturated rings. The molecule has 0 aliphatic rings. The summed E-state index contributed by atoms with van der Waals surface area (Å²) in [6.07, 6.45) is 3.52. The fourth-order valence-electron chi connectivity index (χ4n) is 0.941. The molecule has 0 aliphatic heterocycles. The number of hydrogen-bond acceptors (Lipinski definition) is 3. The first-order valence-corrected chi connectivity index (χ1v) is 3.49. The van der Waals surface area contributed by atoms with E-state index in [0.29, 0.717) is 13.2 Å². The van der Waals surface area contributed by atoms with E-state index < -0.39 is 0 Å². The minimum Gasteiger partial charge on any atom is -0.380 e. The fraction of sp³-hybridized carbons (Fsp3) is 0.375. The van der Waals surface area contributed by atoms with Crippen LogP contribution in [0.15, 0.2) is 18.5 Å². The van der Waals surface area contributed by atoms with E-state index in [1.165, 1.54) is 0 Å². The van der Waals surface area contributed by atoms with Gasteiger partial charge in [0.15, 0.2) is 0 Å². The largest absolute Gasteiger partial charge is 0.380 e. The molecule has 0 bridgehead atoms. The van der Waals surface area contributed by atoms with E-state index in [9.17, 15) is 0 Å². The molecule has 1 aromatic heterocycles. The van der Waals surface area contributed by atoms with Gasteiger partial charge in [0.2, 0.25) is 0 Å². The zero-order chi connectivity index (χ0) is 8.10. The molecule has 0 amide bonds. The van der Waals surface area contributed by atoms with Gasteiger partial charge in [0.25, 0.3) is 0 Å². The van der Waals surface area contributed by atoms with Crippen molar-refractivity contribution >= 4 is 0 Å². The Morgan fingerprint density at radius 1 is 1.55 bits per heavy atom. The van der Waals surface area contributed by atoms with Crippen molar-refractivity contribution in [2.75, 3.05) is 7.11 Å². The molecule has 0 atom stereocenters. The standard InChI is InChI=1S/C8H12N2O/c1-11-6-8-5-10-3-2-7(8)4-9/h2-3,5H,4,6,9H2,1H3. The number of nitrogens with zero attached hydrogens (tertiary/aromatic N) is 1. The molecular weight excluding hydrogens is 140 g/mol. The van der Waals surface area contributed by atoms with Crippen LogP contribution in [0.3, 0.4) is 0 Å². The van der Waals surface area contributed by atoms with Gasteiger partial charge in [-0.05, 0) is 11.6 Å². The summed E-state index contributed by atoms with van der Waals surface area (Å²) in [5.41, 5.74) is 7.66. The minimum absolute atomic E-state index is 0.543. The molecule has 0 aromatic carbocycles. The van der Waals surface area contributed by atoms with Crippen molar-refractivity contribution in [2.24, 2.45) is 5.73 Å². The summed E-state index contributed by atoms with van der Waals surface area (Å²) in [6, 6.07) is 1.91. The van der Waals surface area contributed by atoms with E-state index in [1.54, 1.807) is 19.5 Å². The first-order valence-electron chi connectivity index (χ1n) is 3.49. The lowest BCUT2D eigenvalue weighted by molar-refractivity contribution is 0.184. The van der Waals surface area contributed by atoms with E-state index in [2.05, 4.69) is 4.98 Å². The lowest BCUT2D eigenvalue weighted by Gasteiger charge is -2.04. The Bertz CT molecular complexity index is 225. The van der Waals surface area contributed by atoms with E-state index in [4.69, 9.17) is 10.5 Å². The van der Waals surface area contributed by atoms with Crippen LogP contribution >= 0.6 is 0 Å². The maximum absolute atomic E-state index is 5.50. The highest BCUT2D eigenvalue weighted by Crippen LogP contribution is 2.06. The van der Waals surface area contributed by atoms with Gasteiger partial charge < -0.3 is 10.5 Å². The molecule has 1 heterocycles. The average Bonchev–Trinajstić information content (AvgIpc) is 2.06. The summed E-state index contributed by atoms with van der Waals surface area (Å²) in [6.45, 7) is 1.13. The third-order valence-corrected chi connectivity index (χ3v) is 1.52. The van der Waals surface area contributed by atoms with Gasteiger partial charge in [-0.3, -0.25) is 4.98 Å². The summed E-state index contributed by atoms with van der Waals surface area (Å²) in [5, 5.41) is 0. The fourth-order valence-corrected chi connectivity index (χ4v) is 0.941. The van der Waals surface area contributed by atoms with Crippen molar-refractivity contribution < 1.29 is 4.74 Å². The van der Waals surface area contributed by atoms with Crippen molar-refractivity contribution in [1.29, 1.82) is 0 Å². The Morgan fingerprint density at radius 3 is 3.00 bits per heavy atom. The minimum atomic E-state index is 0.543. The van der Waals surface area contributed by atoms with Crippen LogP contribution in [0.5, 0.6) is 0 Å². The second-order valence-electron chi connectivity index (χ2n) is 2.28. The van der Waals surface area contributed by atoms with Gasteiger partial charge in [-0.1, -0.05) is 0 Å². The highest BCUT2D eigenvalue weighted by atomic mass is 16.5. The molecule has 1 rings (SSSR count). The van der Waals surface area contributed by atoms with Crippen LogP contribution in [0.4, 0.5) is 0 Å². The van der Waals surface area contributed by atoms with Crippen LogP contribution in [0, 0.1) is 0 Å². The van der Waals surface area contributed by atoms with Crippen LogP contribution in [0.2, 0.25) is 0 Å². The average molecular weight is 152 g/mol. The number of nitrogens with two attached hydrogens (primary N) is 1. The molecule has 60 valence electrons. The monoisotopic (exact) mass is 152 g/mol. The van der Waals surface area contributed by atoms with Crippen molar-refractivity contribution in [1.82, 2.24) is 4.98 Å². The Kier molecular flexibility index (Phi) is 3.01.